The number of nitrogens with zero attached hydrogens (tertiary/aromatic N) is 1. The molecule has 0 spiro atoms. The number of nitrogens with one attached hydrogen (secondary N) is 1. The van der Waals surface area contributed by atoms with Crippen molar-refractivity contribution >= 4 is 11.6 Å². The van der Waals surface area contributed by atoms with Crippen LogP contribution in [0.1, 0.15) is 24.2 Å². The molecule has 0 amide bonds. The third-order valence-corrected chi connectivity index (χ3v) is 3.82. The normalized spacial score (nSPS) is 12.0. The highest BCUT2D eigenvalue weighted by Gasteiger charge is 2.15. The molecule has 0 radical (unpaired) electrons. The molecule has 1 aromatic carbocycles. The van der Waals surface area contributed by atoms with Crippen LogP contribution in [0.5, 0.6) is 11.5 Å². The predicted molar refractivity (Wildman–Crippen MR) is 88.9 cm³/mol. The van der Waals surface area contributed by atoms with Crippen LogP contribution in [-0.2, 0) is 6.42 Å². The Hall–Kier alpha value is -1.78. The van der Waals surface area contributed by atoms with E-state index in [0.29, 0.717) is 10.8 Å². The van der Waals surface area contributed by atoms with Gasteiger partial charge in [-0.25, -0.2) is 0 Å². The molecular formula is C17H21ClN2O2. The Morgan fingerprint density at radius 2 is 1.95 bits per heavy atom. The Bertz CT molecular complexity index is 605. The Morgan fingerprint density at radius 1 is 1.18 bits per heavy atom. The lowest BCUT2D eigenvalue weighted by atomic mass is 10.1. The van der Waals surface area contributed by atoms with Gasteiger partial charge in [-0.15, -0.1) is 0 Å². The maximum atomic E-state index is 6.21. The monoisotopic (exact) mass is 320 g/mol. The third-order valence-electron chi connectivity index (χ3n) is 3.53. The summed E-state index contributed by atoms with van der Waals surface area (Å²) in [4.78, 5) is 4.32. The Morgan fingerprint density at radius 3 is 2.59 bits per heavy atom. The van der Waals surface area contributed by atoms with Gasteiger partial charge in [0.15, 0.2) is 0 Å². The van der Waals surface area contributed by atoms with Crippen LogP contribution < -0.4 is 14.8 Å². The number of benzene rings is 1. The van der Waals surface area contributed by atoms with Crippen molar-refractivity contribution in [1.29, 1.82) is 0 Å². The minimum atomic E-state index is 0.113. The van der Waals surface area contributed by atoms with Crippen molar-refractivity contribution in [3.8, 4) is 11.5 Å². The van der Waals surface area contributed by atoms with Gasteiger partial charge >= 0.3 is 0 Å². The first kappa shape index (κ1) is 16.6. The first-order valence-electron chi connectivity index (χ1n) is 7.20. The molecule has 0 saturated carbocycles. The van der Waals surface area contributed by atoms with E-state index in [-0.39, 0.29) is 6.04 Å². The van der Waals surface area contributed by atoms with Crippen molar-refractivity contribution in [3.05, 3.63) is 52.8 Å². The van der Waals surface area contributed by atoms with Crippen molar-refractivity contribution in [1.82, 2.24) is 10.3 Å². The highest BCUT2D eigenvalue weighted by Crippen LogP contribution is 2.35. The van der Waals surface area contributed by atoms with Crippen LogP contribution in [0, 0.1) is 0 Å². The molecular weight excluding hydrogens is 300 g/mol. The van der Waals surface area contributed by atoms with Crippen molar-refractivity contribution in [3.63, 3.8) is 0 Å². The third kappa shape index (κ3) is 4.12. The Labute approximate surface area is 136 Å². The van der Waals surface area contributed by atoms with Gasteiger partial charge in [-0.05, 0) is 25.1 Å². The number of hydrogen-bond donors (Lipinski definition) is 1. The fraction of sp³-hybridized carbons (Fsp3) is 0.353. The quantitative estimate of drug-likeness (QED) is 0.845. The van der Waals surface area contributed by atoms with Gasteiger partial charge in [0.1, 0.15) is 11.5 Å². The lowest BCUT2D eigenvalue weighted by molar-refractivity contribution is 0.386. The summed E-state index contributed by atoms with van der Waals surface area (Å²) in [6, 6.07) is 9.76. The number of halogens is 1. The van der Waals surface area contributed by atoms with Gasteiger partial charge in [0.2, 0.25) is 0 Å². The molecule has 1 atom stereocenters. The standard InChI is InChI=1S/C17H21ClN2O2/c1-12(19-9-7-13-6-4-5-8-20-13)14-10-15(18)17(22-3)11-16(14)21-2/h4-6,8,10-12,19H,7,9H2,1-3H3. The van der Waals surface area contributed by atoms with Gasteiger partial charge in [0, 0.05) is 42.5 Å². The fourth-order valence-corrected chi connectivity index (χ4v) is 2.54. The lowest BCUT2D eigenvalue weighted by Gasteiger charge is -2.19. The van der Waals surface area contributed by atoms with E-state index in [1.807, 2.05) is 36.5 Å². The number of hydrogen-bond acceptors (Lipinski definition) is 4. The van der Waals surface area contributed by atoms with E-state index in [9.17, 15) is 0 Å². The van der Waals surface area contributed by atoms with Gasteiger partial charge in [-0.1, -0.05) is 17.7 Å². The van der Waals surface area contributed by atoms with E-state index < -0.39 is 0 Å². The number of rotatable bonds is 7. The highest BCUT2D eigenvalue weighted by molar-refractivity contribution is 6.32. The molecule has 5 heteroatoms. The molecule has 4 nitrogen and oxygen atoms in total. The molecule has 2 rings (SSSR count). The van der Waals surface area contributed by atoms with E-state index in [2.05, 4.69) is 17.2 Å². The van der Waals surface area contributed by atoms with Crippen molar-refractivity contribution in [2.24, 2.45) is 0 Å². The molecule has 22 heavy (non-hydrogen) atoms. The molecule has 1 unspecified atom stereocenters. The first-order valence-corrected chi connectivity index (χ1v) is 7.58. The molecule has 0 aliphatic heterocycles. The molecule has 1 N–H and O–H groups in total. The van der Waals surface area contributed by atoms with Gasteiger partial charge in [-0.3, -0.25) is 4.98 Å². The molecule has 1 aromatic heterocycles. The summed E-state index contributed by atoms with van der Waals surface area (Å²) in [5, 5.41) is 4.05. The molecule has 0 aliphatic carbocycles. The zero-order valence-corrected chi connectivity index (χ0v) is 13.9. The number of methoxy groups -OCH3 is 2. The van der Waals surface area contributed by atoms with Gasteiger partial charge in [0.25, 0.3) is 0 Å². The molecule has 0 aliphatic rings. The van der Waals surface area contributed by atoms with Crippen LogP contribution in [0.2, 0.25) is 5.02 Å². The first-order chi connectivity index (χ1) is 10.7. The average molecular weight is 321 g/mol. The number of pyridine rings is 1. The molecule has 0 fully saturated rings. The molecule has 0 bridgehead atoms. The minimum absolute atomic E-state index is 0.113. The van der Waals surface area contributed by atoms with Crippen LogP contribution in [0.25, 0.3) is 0 Å². The lowest BCUT2D eigenvalue weighted by Crippen LogP contribution is -2.22. The molecule has 2 aromatic rings. The summed E-state index contributed by atoms with van der Waals surface area (Å²) in [7, 11) is 3.24. The SMILES string of the molecule is COc1cc(OC)c(C(C)NCCc2ccccn2)cc1Cl. The van der Waals surface area contributed by atoms with E-state index in [4.69, 9.17) is 21.1 Å². The fourth-order valence-electron chi connectivity index (χ4n) is 2.29. The van der Waals surface area contributed by atoms with Gasteiger partial charge < -0.3 is 14.8 Å². The van der Waals surface area contributed by atoms with Crippen LogP contribution in [-0.4, -0.2) is 25.7 Å². The maximum Gasteiger partial charge on any atom is 0.141 e. The molecule has 1 heterocycles. The summed E-state index contributed by atoms with van der Waals surface area (Å²) in [5.41, 5.74) is 2.08. The predicted octanol–water partition coefficient (Wildman–Crippen LogP) is 3.65. The number of aromatic nitrogens is 1. The van der Waals surface area contributed by atoms with Crippen molar-refractivity contribution < 1.29 is 9.47 Å². The van der Waals surface area contributed by atoms with Gasteiger partial charge in [0.05, 0.1) is 19.2 Å². The summed E-state index contributed by atoms with van der Waals surface area (Å²) in [6.07, 6.45) is 2.68. The van der Waals surface area contributed by atoms with E-state index in [1.54, 1.807) is 14.2 Å². The Kier molecular flexibility index (Phi) is 6.04. The van der Waals surface area contributed by atoms with E-state index >= 15 is 0 Å². The second kappa shape index (κ2) is 8.01. The van der Waals surface area contributed by atoms with Crippen LogP contribution in [0.3, 0.4) is 0 Å². The van der Waals surface area contributed by atoms with Crippen molar-refractivity contribution in [2.75, 3.05) is 20.8 Å². The van der Waals surface area contributed by atoms with Crippen LogP contribution in [0.4, 0.5) is 0 Å². The number of ether oxygens (including phenoxy) is 2. The highest BCUT2D eigenvalue weighted by atomic mass is 35.5. The van der Waals surface area contributed by atoms with E-state index in [1.165, 1.54) is 0 Å². The van der Waals surface area contributed by atoms with E-state index in [0.717, 1.165) is 30.0 Å². The summed E-state index contributed by atoms with van der Waals surface area (Å²) < 4.78 is 10.7. The molecule has 0 saturated heterocycles. The minimum Gasteiger partial charge on any atom is -0.496 e. The topological polar surface area (TPSA) is 43.4 Å². The molecule has 118 valence electrons. The average Bonchev–Trinajstić information content (AvgIpc) is 2.55. The van der Waals surface area contributed by atoms with Gasteiger partial charge in [-0.2, -0.15) is 0 Å². The maximum absolute atomic E-state index is 6.21. The summed E-state index contributed by atoms with van der Waals surface area (Å²) >= 11 is 6.21. The van der Waals surface area contributed by atoms with Crippen LogP contribution >= 0.6 is 11.6 Å². The second-order valence-electron chi connectivity index (χ2n) is 4.98. The largest absolute Gasteiger partial charge is 0.496 e. The zero-order chi connectivity index (χ0) is 15.9. The Balaban J connectivity index is 2.02. The smallest absolute Gasteiger partial charge is 0.141 e. The van der Waals surface area contributed by atoms with Crippen molar-refractivity contribution in [2.45, 2.75) is 19.4 Å². The summed E-state index contributed by atoms with van der Waals surface area (Å²) in [6.45, 7) is 2.91. The summed E-state index contributed by atoms with van der Waals surface area (Å²) in [5.74, 6) is 1.38. The zero-order valence-electron chi connectivity index (χ0n) is 13.1. The van der Waals surface area contributed by atoms with Crippen LogP contribution in [0.15, 0.2) is 36.5 Å². The second-order valence-corrected chi connectivity index (χ2v) is 5.38.